The topological polar surface area (TPSA) is 40.9 Å². The van der Waals surface area contributed by atoms with Crippen LogP contribution < -0.4 is 0 Å². The molecule has 0 bridgehead atoms. The zero-order valence-corrected chi connectivity index (χ0v) is 8.06. The van der Waals surface area contributed by atoms with Crippen LogP contribution in [0.25, 0.3) is 0 Å². The van der Waals surface area contributed by atoms with E-state index in [4.69, 9.17) is 28.5 Å². The van der Waals surface area contributed by atoms with Gasteiger partial charge in [0.05, 0.1) is 12.5 Å². The molecule has 0 saturated heterocycles. The molecule has 0 saturated carbocycles. The predicted molar refractivity (Wildman–Crippen MR) is 51.2 cm³/mol. The van der Waals surface area contributed by atoms with E-state index >= 15 is 0 Å². The third kappa shape index (κ3) is 2.21. The highest BCUT2D eigenvalue weighted by atomic mass is 35.5. The van der Waals surface area contributed by atoms with Crippen molar-refractivity contribution in [2.75, 3.05) is 0 Å². The summed E-state index contributed by atoms with van der Waals surface area (Å²) in [4.78, 5) is 10.6. The highest BCUT2D eigenvalue weighted by Gasteiger charge is 2.07. The summed E-state index contributed by atoms with van der Waals surface area (Å²) < 4.78 is 0. The van der Waals surface area contributed by atoms with Gasteiger partial charge in [0.25, 0.3) is 0 Å². The first-order valence-corrected chi connectivity index (χ1v) is 4.24. The van der Waals surface area contributed by atoms with Gasteiger partial charge in [0.2, 0.25) is 0 Å². The van der Waals surface area contributed by atoms with Gasteiger partial charge in [-0.1, -0.05) is 23.2 Å². The maximum absolute atomic E-state index is 10.6. The van der Waals surface area contributed by atoms with Crippen LogP contribution in [0.1, 0.15) is 15.9 Å². The van der Waals surface area contributed by atoms with E-state index in [2.05, 4.69) is 0 Å². The highest BCUT2D eigenvalue weighted by molar-refractivity contribution is 6.35. The third-order valence-corrected chi connectivity index (χ3v) is 2.13. The predicted octanol–water partition coefficient (Wildman–Crippen LogP) is 2.87. The van der Waals surface area contributed by atoms with Crippen LogP contribution in [0.15, 0.2) is 12.1 Å². The average molecular weight is 214 g/mol. The lowest BCUT2D eigenvalue weighted by atomic mass is 10.1. The van der Waals surface area contributed by atoms with Crippen molar-refractivity contribution < 1.29 is 4.79 Å². The molecule has 0 fully saturated rings. The van der Waals surface area contributed by atoms with Crippen molar-refractivity contribution in [3.05, 3.63) is 33.3 Å². The number of halogens is 2. The molecule has 1 aromatic rings. The molecule has 0 N–H and O–H groups in total. The average Bonchev–Trinajstić information content (AvgIpc) is 2.09. The SMILES string of the molecule is N#CCc1c(Cl)cc(Cl)cc1C=O. The van der Waals surface area contributed by atoms with Crippen LogP contribution in [0, 0.1) is 11.3 Å². The molecule has 66 valence electrons. The molecule has 0 aliphatic rings. The largest absolute Gasteiger partial charge is 0.298 e. The minimum atomic E-state index is 0.115. The van der Waals surface area contributed by atoms with E-state index in [9.17, 15) is 4.79 Å². The summed E-state index contributed by atoms with van der Waals surface area (Å²) in [6.45, 7) is 0. The molecule has 13 heavy (non-hydrogen) atoms. The zero-order chi connectivity index (χ0) is 9.84. The molecule has 0 aromatic heterocycles. The van der Waals surface area contributed by atoms with Crippen LogP contribution in [-0.2, 0) is 6.42 Å². The summed E-state index contributed by atoms with van der Waals surface area (Å²) in [5.74, 6) is 0. The number of nitriles is 1. The van der Waals surface area contributed by atoms with Gasteiger partial charge in [0.15, 0.2) is 0 Å². The van der Waals surface area contributed by atoms with E-state index in [-0.39, 0.29) is 6.42 Å². The molecule has 0 unspecified atom stereocenters. The molecule has 0 spiro atoms. The number of hydrogen-bond acceptors (Lipinski definition) is 2. The summed E-state index contributed by atoms with van der Waals surface area (Å²) in [5, 5.41) is 9.23. The quantitative estimate of drug-likeness (QED) is 0.710. The first-order valence-electron chi connectivity index (χ1n) is 3.49. The summed E-state index contributed by atoms with van der Waals surface area (Å²) in [6, 6.07) is 4.94. The monoisotopic (exact) mass is 213 g/mol. The van der Waals surface area contributed by atoms with Crippen LogP contribution >= 0.6 is 23.2 Å². The van der Waals surface area contributed by atoms with Gasteiger partial charge in [-0.25, -0.2) is 0 Å². The van der Waals surface area contributed by atoms with Gasteiger partial charge in [-0.3, -0.25) is 4.79 Å². The Bertz CT molecular complexity index is 382. The van der Waals surface area contributed by atoms with Gasteiger partial charge in [-0.05, 0) is 17.7 Å². The Morgan fingerprint density at radius 3 is 2.69 bits per heavy atom. The lowest BCUT2D eigenvalue weighted by Crippen LogP contribution is -1.92. The van der Waals surface area contributed by atoms with Crippen molar-refractivity contribution >= 4 is 29.5 Å². The molecular weight excluding hydrogens is 209 g/mol. The van der Waals surface area contributed by atoms with Gasteiger partial charge >= 0.3 is 0 Å². The van der Waals surface area contributed by atoms with Crippen molar-refractivity contribution in [3.8, 4) is 6.07 Å². The Labute approximate surface area is 85.7 Å². The number of carbonyl (C=O) groups is 1. The number of aldehydes is 1. The fourth-order valence-electron chi connectivity index (χ4n) is 0.994. The minimum absolute atomic E-state index is 0.115. The molecule has 2 nitrogen and oxygen atoms in total. The Morgan fingerprint density at radius 2 is 2.15 bits per heavy atom. The number of carbonyl (C=O) groups excluding carboxylic acids is 1. The molecule has 0 aliphatic heterocycles. The van der Waals surface area contributed by atoms with Gasteiger partial charge in [-0.2, -0.15) is 5.26 Å². The van der Waals surface area contributed by atoms with E-state index < -0.39 is 0 Å². The molecular formula is C9H5Cl2NO. The maximum Gasteiger partial charge on any atom is 0.150 e. The van der Waals surface area contributed by atoms with Crippen molar-refractivity contribution in [1.29, 1.82) is 5.26 Å². The van der Waals surface area contributed by atoms with Crippen LogP contribution in [0.2, 0.25) is 10.0 Å². The van der Waals surface area contributed by atoms with Crippen molar-refractivity contribution in [1.82, 2.24) is 0 Å². The number of nitrogens with zero attached hydrogens (tertiary/aromatic N) is 1. The van der Waals surface area contributed by atoms with E-state index in [0.717, 1.165) is 0 Å². The molecule has 0 amide bonds. The fraction of sp³-hybridized carbons (Fsp3) is 0.111. The van der Waals surface area contributed by atoms with E-state index in [1.54, 1.807) is 0 Å². The van der Waals surface area contributed by atoms with Gasteiger partial charge < -0.3 is 0 Å². The number of rotatable bonds is 2. The number of benzene rings is 1. The molecule has 4 heteroatoms. The molecule has 1 rings (SSSR count). The van der Waals surface area contributed by atoms with Gasteiger partial charge in [0.1, 0.15) is 6.29 Å². The van der Waals surface area contributed by atoms with Gasteiger partial charge in [0, 0.05) is 15.6 Å². The van der Waals surface area contributed by atoms with Crippen LogP contribution in [0.3, 0.4) is 0 Å². The molecule has 0 heterocycles. The maximum atomic E-state index is 10.6. The molecule has 0 radical (unpaired) electrons. The lowest BCUT2D eigenvalue weighted by molar-refractivity contribution is 0.112. The van der Waals surface area contributed by atoms with Crippen molar-refractivity contribution in [2.24, 2.45) is 0 Å². The van der Waals surface area contributed by atoms with Crippen LogP contribution in [0.5, 0.6) is 0 Å². The van der Waals surface area contributed by atoms with Crippen molar-refractivity contribution in [3.63, 3.8) is 0 Å². The number of hydrogen-bond donors (Lipinski definition) is 0. The Kier molecular flexibility index (Phi) is 3.30. The van der Waals surface area contributed by atoms with Crippen molar-refractivity contribution in [2.45, 2.75) is 6.42 Å². The normalized spacial score (nSPS) is 9.31. The second-order valence-electron chi connectivity index (χ2n) is 2.41. The van der Waals surface area contributed by atoms with Gasteiger partial charge in [-0.15, -0.1) is 0 Å². The zero-order valence-electron chi connectivity index (χ0n) is 6.55. The standard InChI is InChI=1S/C9H5Cl2NO/c10-7-3-6(5-13)8(1-2-12)9(11)4-7/h3-5H,1H2. The summed E-state index contributed by atoms with van der Waals surface area (Å²) in [6.07, 6.45) is 0.758. The highest BCUT2D eigenvalue weighted by Crippen LogP contribution is 2.24. The minimum Gasteiger partial charge on any atom is -0.298 e. The van der Waals surface area contributed by atoms with Crippen LogP contribution in [0.4, 0.5) is 0 Å². The molecule has 0 atom stereocenters. The first kappa shape index (κ1) is 10.0. The lowest BCUT2D eigenvalue weighted by Gasteiger charge is -2.03. The second-order valence-corrected chi connectivity index (χ2v) is 3.25. The van der Waals surface area contributed by atoms with Crippen LogP contribution in [-0.4, -0.2) is 6.29 Å². The van der Waals surface area contributed by atoms with E-state index in [1.165, 1.54) is 12.1 Å². The van der Waals surface area contributed by atoms with E-state index in [1.807, 2.05) is 6.07 Å². The Morgan fingerprint density at radius 1 is 1.46 bits per heavy atom. The third-order valence-electron chi connectivity index (χ3n) is 1.58. The molecule has 1 aromatic carbocycles. The Balaban J connectivity index is 3.31. The Hall–Kier alpha value is -1.04. The second kappa shape index (κ2) is 4.27. The summed E-state index contributed by atoms with van der Waals surface area (Å²) in [5.41, 5.74) is 0.905. The smallest absolute Gasteiger partial charge is 0.150 e. The summed E-state index contributed by atoms with van der Waals surface area (Å²) in [7, 11) is 0. The molecule has 0 aliphatic carbocycles. The van der Waals surface area contributed by atoms with E-state index in [0.29, 0.717) is 27.5 Å². The summed E-state index contributed by atoms with van der Waals surface area (Å²) >= 11 is 11.5. The fourth-order valence-corrected chi connectivity index (χ4v) is 1.57. The first-order chi connectivity index (χ1) is 6.19.